The maximum atomic E-state index is 5.69. The fourth-order valence-corrected chi connectivity index (χ4v) is 6.55. The molecule has 0 aliphatic heterocycles. The summed E-state index contributed by atoms with van der Waals surface area (Å²) in [6.07, 6.45) is 5.69. The van der Waals surface area contributed by atoms with Crippen molar-refractivity contribution >= 4 is 55.7 Å². The second-order valence-corrected chi connectivity index (χ2v) is 11.8. The molecular weight excluding hydrogens is 581 g/mol. The molecule has 48 heavy (non-hydrogen) atoms. The summed E-state index contributed by atoms with van der Waals surface area (Å²) in [7, 11) is 0. The van der Waals surface area contributed by atoms with Crippen molar-refractivity contribution in [2.24, 2.45) is 0 Å². The van der Waals surface area contributed by atoms with E-state index in [0.29, 0.717) is 0 Å². The number of hydrogen-bond donors (Lipinski definition) is 0. The van der Waals surface area contributed by atoms with Crippen molar-refractivity contribution < 1.29 is 0 Å². The average molecular weight is 613 g/mol. The summed E-state index contributed by atoms with van der Waals surface area (Å²) in [6, 6.07) is 66.5. The van der Waals surface area contributed by atoms with Gasteiger partial charge in [0.2, 0.25) is 0 Å². The maximum Gasteiger partial charge on any atom is 0.0540 e. The van der Waals surface area contributed by atoms with Gasteiger partial charge in [-0.15, -0.1) is 6.42 Å². The van der Waals surface area contributed by atoms with Crippen molar-refractivity contribution in [3.63, 3.8) is 0 Å². The predicted octanol–water partition coefficient (Wildman–Crippen LogP) is 12.6. The number of anilines is 6. The lowest BCUT2D eigenvalue weighted by atomic mass is 10.0. The lowest BCUT2D eigenvalue weighted by molar-refractivity contribution is 1.29. The van der Waals surface area contributed by atoms with E-state index in [-0.39, 0.29) is 0 Å². The third-order valence-electron chi connectivity index (χ3n) is 8.91. The molecule has 0 spiro atoms. The lowest BCUT2D eigenvalue weighted by Crippen LogP contribution is -2.10. The van der Waals surface area contributed by atoms with E-state index in [1.54, 1.807) is 0 Å². The molecule has 8 aromatic rings. The third-order valence-corrected chi connectivity index (χ3v) is 8.91. The van der Waals surface area contributed by atoms with Crippen molar-refractivity contribution in [2.45, 2.75) is 0 Å². The minimum Gasteiger partial charge on any atom is -0.310 e. The zero-order valence-corrected chi connectivity index (χ0v) is 26.4. The van der Waals surface area contributed by atoms with Crippen LogP contribution in [0.1, 0.15) is 5.56 Å². The Kier molecular flexibility index (Phi) is 7.63. The Labute approximate surface area is 281 Å². The smallest absolute Gasteiger partial charge is 0.0540 e. The van der Waals surface area contributed by atoms with E-state index in [1.165, 1.54) is 21.5 Å². The summed E-state index contributed by atoms with van der Waals surface area (Å²) in [6.45, 7) is 0. The Morgan fingerprint density at radius 2 is 0.708 bits per heavy atom. The third kappa shape index (κ3) is 5.45. The molecule has 0 aromatic heterocycles. The molecule has 8 aromatic carbocycles. The molecule has 2 nitrogen and oxygen atoms in total. The van der Waals surface area contributed by atoms with E-state index in [4.69, 9.17) is 6.42 Å². The van der Waals surface area contributed by atoms with Gasteiger partial charge >= 0.3 is 0 Å². The summed E-state index contributed by atoms with van der Waals surface area (Å²) < 4.78 is 0. The number of benzene rings is 8. The Morgan fingerprint density at radius 1 is 0.333 bits per heavy atom. The average Bonchev–Trinajstić information content (AvgIpc) is 3.16. The maximum absolute atomic E-state index is 5.69. The summed E-state index contributed by atoms with van der Waals surface area (Å²) in [5.41, 5.74) is 9.80. The minimum absolute atomic E-state index is 0.863. The first kappa shape index (κ1) is 28.9. The van der Waals surface area contributed by atoms with E-state index in [0.717, 1.165) is 50.8 Å². The quantitative estimate of drug-likeness (QED) is 0.165. The van der Waals surface area contributed by atoms with Gasteiger partial charge in [-0.05, 0) is 94.7 Å². The Bertz CT molecular complexity index is 2370. The highest BCUT2D eigenvalue weighted by Crippen LogP contribution is 2.41. The molecule has 0 saturated carbocycles. The molecule has 8 rings (SSSR count). The SMILES string of the molecule is C#Cc1ccc(N(c2ccc(-c3ccc(N(c4ccccc4)c4cccc5ccccc45)cc3)cc2)c2cccc3ccccc23)cc1. The fourth-order valence-electron chi connectivity index (χ4n) is 6.55. The van der Waals surface area contributed by atoms with Crippen LogP contribution in [0.3, 0.4) is 0 Å². The van der Waals surface area contributed by atoms with Gasteiger partial charge in [0.25, 0.3) is 0 Å². The molecule has 0 aliphatic carbocycles. The Hall–Kier alpha value is -6.56. The van der Waals surface area contributed by atoms with Crippen LogP contribution in [0.4, 0.5) is 34.1 Å². The van der Waals surface area contributed by atoms with Gasteiger partial charge in [0, 0.05) is 39.1 Å². The van der Waals surface area contributed by atoms with Crippen LogP contribution in [0.5, 0.6) is 0 Å². The van der Waals surface area contributed by atoms with Gasteiger partial charge in [-0.25, -0.2) is 0 Å². The van der Waals surface area contributed by atoms with Crippen LogP contribution < -0.4 is 9.80 Å². The molecule has 0 amide bonds. The number of nitrogens with zero attached hydrogens (tertiary/aromatic N) is 2. The molecule has 2 heteroatoms. The zero-order valence-electron chi connectivity index (χ0n) is 26.4. The van der Waals surface area contributed by atoms with Gasteiger partial charge in [-0.3, -0.25) is 0 Å². The highest BCUT2D eigenvalue weighted by molar-refractivity contribution is 6.00. The highest BCUT2D eigenvalue weighted by Gasteiger charge is 2.17. The van der Waals surface area contributed by atoms with Crippen molar-refractivity contribution in [3.05, 3.63) is 194 Å². The van der Waals surface area contributed by atoms with E-state index in [9.17, 15) is 0 Å². The number of rotatable bonds is 7. The van der Waals surface area contributed by atoms with E-state index in [1.807, 2.05) is 12.1 Å². The van der Waals surface area contributed by atoms with E-state index < -0.39 is 0 Å². The first-order chi connectivity index (χ1) is 23.8. The van der Waals surface area contributed by atoms with Crippen molar-refractivity contribution in [1.29, 1.82) is 0 Å². The number of para-hydroxylation sites is 1. The lowest BCUT2D eigenvalue weighted by Gasteiger charge is -2.27. The van der Waals surface area contributed by atoms with Crippen LogP contribution in [-0.2, 0) is 0 Å². The van der Waals surface area contributed by atoms with Crippen molar-refractivity contribution in [2.75, 3.05) is 9.80 Å². The van der Waals surface area contributed by atoms with E-state index in [2.05, 4.69) is 192 Å². The monoisotopic (exact) mass is 612 g/mol. The van der Waals surface area contributed by atoms with E-state index >= 15 is 0 Å². The normalized spacial score (nSPS) is 10.9. The van der Waals surface area contributed by atoms with Gasteiger partial charge in [0.05, 0.1) is 11.4 Å². The topological polar surface area (TPSA) is 6.48 Å². The molecule has 0 N–H and O–H groups in total. The van der Waals surface area contributed by atoms with Gasteiger partial charge < -0.3 is 9.80 Å². The summed E-state index contributed by atoms with van der Waals surface area (Å²) in [5, 5.41) is 4.82. The fraction of sp³-hybridized carbons (Fsp3) is 0. The summed E-state index contributed by atoms with van der Waals surface area (Å²) in [5.74, 6) is 2.74. The van der Waals surface area contributed by atoms with Crippen LogP contribution in [0.15, 0.2) is 188 Å². The molecule has 0 unspecified atom stereocenters. The Morgan fingerprint density at radius 3 is 1.17 bits per heavy atom. The van der Waals surface area contributed by atoms with Crippen LogP contribution >= 0.6 is 0 Å². The van der Waals surface area contributed by atoms with Gasteiger partial charge in [-0.2, -0.15) is 0 Å². The zero-order chi connectivity index (χ0) is 32.3. The van der Waals surface area contributed by atoms with Crippen LogP contribution in [0, 0.1) is 12.3 Å². The second-order valence-electron chi connectivity index (χ2n) is 11.8. The van der Waals surface area contributed by atoms with Gasteiger partial charge in [0.15, 0.2) is 0 Å². The highest BCUT2D eigenvalue weighted by atomic mass is 15.1. The molecular formula is C46H32N2. The molecule has 0 saturated heterocycles. The molecule has 0 fully saturated rings. The summed E-state index contributed by atoms with van der Waals surface area (Å²) >= 11 is 0. The Balaban J connectivity index is 1.16. The summed E-state index contributed by atoms with van der Waals surface area (Å²) in [4.78, 5) is 4.64. The first-order valence-corrected chi connectivity index (χ1v) is 16.1. The number of hydrogen-bond acceptors (Lipinski definition) is 2. The van der Waals surface area contributed by atoms with Crippen LogP contribution in [0.25, 0.3) is 32.7 Å². The predicted molar refractivity (Wildman–Crippen MR) is 204 cm³/mol. The standard InChI is InChI=1S/C46H32N2/c1-2-34-22-28-40(29-23-34)48(46-21-11-15-38-13-7-9-19-44(38)46)42-32-26-36(27-33-42)35-24-30-41(31-25-35)47(39-16-4-3-5-17-39)45-20-10-14-37-12-6-8-18-43(37)45/h1,3-33H. The minimum atomic E-state index is 0.863. The van der Waals surface area contributed by atoms with Crippen LogP contribution in [-0.4, -0.2) is 0 Å². The molecule has 0 aliphatic rings. The number of terminal acetylenes is 1. The molecule has 0 bridgehead atoms. The van der Waals surface area contributed by atoms with Crippen LogP contribution in [0.2, 0.25) is 0 Å². The molecule has 0 atom stereocenters. The molecule has 226 valence electrons. The molecule has 0 heterocycles. The van der Waals surface area contributed by atoms with Gasteiger partial charge in [-0.1, -0.05) is 121 Å². The van der Waals surface area contributed by atoms with Crippen molar-refractivity contribution in [1.82, 2.24) is 0 Å². The van der Waals surface area contributed by atoms with Crippen molar-refractivity contribution in [3.8, 4) is 23.5 Å². The van der Waals surface area contributed by atoms with Gasteiger partial charge in [0.1, 0.15) is 0 Å². The first-order valence-electron chi connectivity index (χ1n) is 16.1. The largest absolute Gasteiger partial charge is 0.310 e. The second kappa shape index (κ2) is 12.7. The number of fused-ring (bicyclic) bond motifs is 2. The molecule has 0 radical (unpaired) electrons.